The Bertz CT molecular complexity index is 1040. The number of nitrogens with zero attached hydrogens (tertiary/aromatic N) is 1. The maximum absolute atomic E-state index is 14.3. The van der Waals surface area contributed by atoms with Crippen molar-refractivity contribution in [1.29, 1.82) is 0 Å². The average Bonchev–Trinajstić information content (AvgIpc) is 3.23. The molecule has 1 aromatic carbocycles. The lowest BCUT2D eigenvalue weighted by atomic mass is 9.93. The molecule has 0 N–H and O–H groups in total. The molecule has 0 bridgehead atoms. The number of Topliss-reactive ketones (excluding diaryl/α,β-unsaturated/α-hetero) is 2. The molecule has 0 saturated carbocycles. The van der Waals surface area contributed by atoms with Gasteiger partial charge in [-0.2, -0.15) is 0 Å². The number of benzene rings is 1. The Labute approximate surface area is 183 Å². The molecule has 2 heterocycles. The van der Waals surface area contributed by atoms with Crippen LogP contribution < -0.4 is 4.74 Å². The number of ketones is 2. The second kappa shape index (κ2) is 9.20. The normalized spacial score (nSPS) is 18.4. The van der Waals surface area contributed by atoms with Crippen LogP contribution in [0.4, 0.5) is 8.78 Å². The summed E-state index contributed by atoms with van der Waals surface area (Å²) >= 11 is 0. The largest absolute Gasteiger partial charge is 0.485 e. The number of aryl methyl sites for hydroxylation is 1. The van der Waals surface area contributed by atoms with Gasteiger partial charge in [0.25, 0.3) is 5.91 Å². The first-order valence-electron chi connectivity index (χ1n) is 10.6. The van der Waals surface area contributed by atoms with E-state index < -0.39 is 23.5 Å². The number of morpholine rings is 1. The van der Waals surface area contributed by atoms with Gasteiger partial charge in [-0.15, -0.1) is 0 Å². The maximum atomic E-state index is 14.3. The molecule has 1 amide bonds. The molecule has 7 nitrogen and oxygen atoms in total. The van der Waals surface area contributed by atoms with Crippen molar-refractivity contribution in [2.75, 3.05) is 26.3 Å². The number of hydrogen-bond acceptors (Lipinski definition) is 6. The number of ether oxygens (including phenoxy) is 2. The Balaban J connectivity index is 1.42. The van der Waals surface area contributed by atoms with Crippen molar-refractivity contribution in [2.45, 2.75) is 38.7 Å². The van der Waals surface area contributed by atoms with Crippen LogP contribution in [-0.2, 0) is 11.2 Å². The molecule has 170 valence electrons. The fourth-order valence-electron chi connectivity index (χ4n) is 3.99. The van der Waals surface area contributed by atoms with Gasteiger partial charge in [-0.25, -0.2) is 8.78 Å². The van der Waals surface area contributed by atoms with Gasteiger partial charge < -0.3 is 18.8 Å². The van der Waals surface area contributed by atoms with Crippen molar-refractivity contribution in [3.05, 3.63) is 52.5 Å². The summed E-state index contributed by atoms with van der Waals surface area (Å²) in [5.74, 6) is -2.85. The standard InChI is InChI=1S/C23H23F2NO6/c1-2-18(27)13-8-16(24)22(17(25)9-13)32-11-14-10-26(6-7-30-14)23(29)15-12-31-20-5-3-4-19(28)21(15)20/h8-9,12,14H,2-7,10-11H2,1H3. The third-order valence-corrected chi connectivity index (χ3v) is 5.67. The molecule has 1 aliphatic carbocycles. The second-order valence-electron chi connectivity index (χ2n) is 7.83. The second-order valence-corrected chi connectivity index (χ2v) is 7.83. The van der Waals surface area contributed by atoms with Crippen LogP contribution in [0.1, 0.15) is 63.0 Å². The highest BCUT2D eigenvalue weighted by atomic mass is 19.1. The van der Waals surface area contributed by atoms with Gasteiger partial charge in [-0.1, -0.05) is 6.92 Å². The molecule has 2 aliphatic rings. The van der Waals surface area contributed by atoms with Crippen LogP contribution in [0.2, 0.25) is 0 Å². The highest BCUT2D eigenvalue weighted by molar-refractivity contribution is 6.09. The predicted molar refractivity (Wildman–Crippen MR) is 108 cm³/mol. The summed E-state index contributed by atoms with van der Waals surface area (Å²) in [5, 5.41) is 0. The van der Waals surface area contributed by atoms with Crippen molar-refractivity contribution in [1.82, 2.24) is 4.90 Å². The zero-order valence-electron chi connectivity index (χ0n) is 17.6. The molecule has 1 aromatic heterocycles. The van der Waals surface area contributed by atoms with Gasteiger partial charge in [0.05, 0.1) is 24.3 Å². The van der Waals surface area contributed by atoms with Crippen LogP contribution in [0.15, 0.2) is 22.8 Å². The van der Waals surface area contributed by atoms with Crippen molar-refractivity contribution in [3.63, 3.8) is 0 Å². The van der Waals surface area contributed by atoms with Crippen LogP contribution in [-0.4, -0.2) is 54.8 Å². The first-order chi connectivity index (χ1) is 15.4. The van der Waals surface area contributed by atoms with Crippen LogP contribution >= 0.6 is 0 Å². The Morgan fingerprint density at radius 1 is 1.22 bits per heavy atom. The van der Waals surface area contributed by atoms with Crippen molar-refractivity contribution < 1.29 is 37.1 Å². The van der Waals surface area contributed by atoms with Crippen LogP contribution in [0.3, 0.4) is 0 Å². The van der Waals surface area contributed by atoms with Crippen LogP contribution in [0.25, 0.3) is 0 Å². The first-order valence-corrected chi connectivity index (χ1v) is 10.6. The average molecular weight is 447 g/mol. The molecule has 0 spiro atoms. The Morgan fingerprint density at radius 3 is 2.69 bits per heavy atom. The number of carbonyl (C=O) groups is 3. The lowest BCUT2D eigenvalue weighted by Gasteiger charge is -2.33. The SMILES string of the molecule is CCC(=O)c1cc(F)c(OCC2CN(C(=O)c3coc4c3C(=O)CCC4)CCO2)c(F)c1. The third kappa shape index (κ3) is 4.29. The van der Waals surface area contributed by atoms with E-state index in [9.17, 15) is 23.2 Å². The van der Waals surface area contributed by atoms with Gasteiger partial charge in [0.1, 0.15) is 24.7 Å². The van der Waals surface area contributed by atoms with E-state index in [4.69, 9.17) is 13.9 Å². The fraction of sp³-hybridized carbons (Fsp3) is 0.435. The number of carbonyl (C=O) groups excluding carboxylic acids is 3. The molecule has 1 aliphatic heterocycles. The summed E-state index contributed by atoms with van der Waals surface area (Å²) in [6.07, 6.45) is 2.53. The number of furan rings is 1. The number of amides is 1. The molecule has 32 heavy (non-hydrogen) atoms. The Hall–Kier alpha value is -3.07. The molecule has 9 heteroatoms. The molecular formula is C23H23F2NO6. The van der Waals surface area contributed by atoms with Gasteiger partial charge in [0.2, 0.25) is 0 Å². The minimum absolute atomic E-state index is 0.0569. The maximum Gasteiger partial charge on any atom is 0.258 e. The van der Waals surface area contributed by atoms with Gasteiger partial charge in [0, 0.05) is 31.4 Å². The number of hydrogen-bond donors (Lipinski definition) is 0. The number of rotatable bonds is 6. The number of halogens is 2. The van der Waals surface area contributed by atoms with Crippen molar-refractivity contribution >= 4 is 17.5 Å². The highest BCUT2D eigenvalue weighted by Gasteiger charge is 2.32. The van der Waals surface area contributed by atoms with Crippen LogP contribution in [0.5, 0.6) is 5.75 Å². The monoisotopic (exact) mass is 447 g/mol. The molecule has 4 rings (SSSR count). The summed E-state index contributed by atoms with van der Waals surface area (Å²) in [6, 6.07) is 1.89. The molecule has 2 aromatic rings. The molecule has 1 fully saturated rings. The van der Waals surface area contributed by atoms with Crippen molar-refractivity contribution in [3.8, 4) is 5.75 Å². The predicted octanol–water partition coefficient (Wildman–Crippen LogP) is 3.59. The van der Waals surface area contributed by atoms with E-state index in [1.807, 2.05) is 0 Å². The highest BCUT2D eigenvalue weighted by Crippen LogP contribution is 2.28. The number of fused-ring (bicyclic) bond motifs is 1. The zero-order valence-corrected chi connectivity index (χ0v) is 17.6. The van der Waals surface area contributed by atoms with Crippen LogP contribution in [0, 0.1) is 11.6 Å². The van der Waals surface area contributed by atoms with E-state index in [1.54, 1.807) is 6.92 Å². The van der Waals surface area contributed by atoms with E-state index in [0.717, 1.165) is 12.1 Å². The summed E-state index contributed by atoms with van der Waals surface area (Å²) in [4.78, 5) is 38.5. The quantitative estimate of drug-likeness (QED) is 0.629. The van der Waals surface area contributed by atoms with Gasteiger partial charge in [0.15, 0.2) is 29.0 Å². The molecular weight excluding hydrogens is 424 g/mol. The minimum atomic E-state index is -0.978. The van der Waals surface area contributed by atoms with E-state index in [0.29, 0.717) is 37.1 Å². The summed E-state index contributed by atoms with van der Waals surface area (Å²) in [5.41, 5.74) is 0.532. The zero-order chi connectivity index (χ0) is 22.8. The molecule has 1 unspecified atom stereocenters. The summed E-state index contributed by atoms with van der Waals surface area (Å²) in [6.45, 7) is 2.05. The first kappa shape index (κ1) is 22.1. The summed E-state index contributed by atoms with van der Waals surface area (Å²) < 4.78 is 44.9. The minimum Gasteiger partial charge on any atom is -0.485 e. The Morgan fingerprint density at radius 2 is 1.97 bits per heavy atom. The van der Waals surface area contributed by atoms with E-state index in [2.05, 4.69) is 0 Å². The van der Waals surface area contributed by atoms with E-state index >= 15 is 0 Å². The molecule has 1 atom stereocenters. The topological polar surface area (TPSA) is 86.0 Å². The lowest BCUT2D eigenvalue weighted by molar-refractivity contribution is -0.0411. The molecule has 0 radical (unpaired) electrons. The van der Waals surface area contributed by atoms with Gasteiger partial charge in [-0.3, -0.25) is 14.4 Å². The smallest absolute Gasteiger partial charge is 0.258 e. The van der Waals surface area contributed by atoms with Gasteiger partial charge in [-0.05, 0) is 18.6 Å². The van der Waals surface area contributed by atoms with E-state index in [-0.39, 0.29) is 54.8 Å². The van der Waals surface area contributed by atoms with Crippen molar-refractivity contribution in [2.24, 2.45) is 0 Å². The Kier molecular flexibility index (Phi) is 6.36. The lowest BCUT2D eigenvalue weighted by Crippen LogP contribution is -2.47. The summed E-state index contributed by atoms with van der Waals surface area (Å²) in [7, 11) is 0. The van der Waals surface area contributed by atoms with E-state index in [1.165, 1.54) is 11.2 Å². The van der Waals surface area contributed by atoms with Gasteiger partial charge >= 0.3 is 0 Å². The third-order valence-electron chi connectivity index (χ3n) is 5.67. The molecule has 1 saturated heterocycles. The fourth-order valence-corrected chi connectivity index (χ4v) is 3.99.